The van der Waals surface area contributed by atoms with Crippen molar-refractivity contribution in [2.75, 3.05) is 5.43 Å². The van der Waals surface area contributed by atoms with Crippen LogP contribution in [0.4, 0.5) is 5.69 Å². The summed E-state index contributed by atoms with van der Waals surface area (Å²) in [7, 11) is 0. The van der Waals surface area contributed by atoms with Crippen LogP contribution in [-0.4, -0.2) is 10.2 Å². The summed E-state index contributed by atoms with van der Waals surface area (Å²) in [5.74, 6) is 0.366. The topological polar surface area (TPSA) is 81.9 Å². The van der Waals surface area contributed by atoms with E-state index in [1.165, 1.54) is 0 Å². The molecule has 0 heterocycles. The van der Waals surface area contributed by atoms with Gasteiger partial charge in [0.2, 0.25) is 0 Å². The second-order valence-corrected chi connectivity index (χ2v) is 4.22. The maximum absolute atomic E-state index is 9.99. The van der Waals surface area contributed by atoms with Crippen molar-refractivity contribution in [2.45, 2.75) is 0 Å². The summed E-state index contributed by atoms with van der Waals surface area (Å²) in [6.45, 7) is 0. The zero-order chi connectivity index (χ0) is 15.1. The Kier molecular flexibility index (Phi) is 4.71. The van der Waals surface area contributed by atoms with Crippen LogP contribution in [-0.2, 0) is 0 Å². The number of nitroso groups, excluding NO2 is 1. The summed E-state index contributed by atoms with van der Waals surface area (Å²) >= 11 is 0. The average molecular weight is 282 g/mol. The summed E-state index contributed by atoms with van der Waals surface area (Å²) in [4.78, 5) is 9.99. The van der Waals surface area contributed by atoms with Gasteiger partial charge in [-0.25, -0.2) is 5.43 Å². The van der Waals surface area contributed by atoms with E-state index >= 15 is 0 Å². The van der Waals surface area contributed by atoms with Crippen LogP contribution in [0, 0.1) is 4.91 Å². The number of phenols is 2. The van der Waals surface area contributed by atoms with Crippen molar-refractivity contribution in [2.24, 2.45) is 5.29 Å². The predicted molar refractivity (Wildman–Crippen MR) is 83.1 cm³/mol. The van der Waals surface area contributed by atoms with Gasteiger partial charge in [-0.3, -0.25) is 0 Å². The molecule has 0 aliphatic rings. The van der Waals surface area contributed by atoms with E-state index in [9.17, 15) is 10.0 Å². The van der Waals surface area contributed by atoms with Crippen LogP contribution in [0.25, 0.3) is 10.8 Å². The standard InChI is InChI=1S/C10H8N2O2.C6H6O/c13-10-8-4-2-1-3-7(8)5-6-9(10)11-12-14;7-6-4-2-1-3-5-6/h1-6,13H,(H,11,14);1-5,7H. The van der Waals surface area contributed by atoms with Crippen LogP contribution in [0.2, 0.25) is 0 Å². The van der Waals surface area contributed by atoms with Gasteiger partial charge in [-0.15, -0.1) is 4.91 Å². The van der Waals surface area contributed by atoms with Gasteiger partial charge in [0.1, 0.15) is 17.2 Å². The zero-order valence-electron chi connectivity index (χ0n) is 11.1. The van der Waals surface area contributed by atoms with E-state index in [4.69, 9.17) is 5.11 Å². The third-order valence-electron chi connectivity index (χ3n) is 2.82. The van der Waals surface area contributed by atoms with Gasteiger partial charge in [0, 0.05) is 5.39 Å². The van der Waals surface area contributed by atoms with Gasteiger partial charge in [-0.1, -0.05) is 48.5 Å². The minimum atomic E-state index is 0.0442. The third-order valence-corrected chi connectivity index (χ3v) is 2.82. The van der Waals surface area contributed by atoms with Crippen LogP contribution >= 0.6 is 0 Å². The van der Waals surface area contributed by atoms with Crippen LogP contribution < -0.4 is 5.43 Å². The summed E-state index contributed by atoms with van der Waals surface area (Å²) in [6.07, 6.45) is 0. The smallest absolute Gasteiger partial charge is 0.148 e. The molecule has 0 aliphatic carbocycles. The van der Waals surface area contributed by atoms with E-state index in [1.807, 2.05) is 30.3 Å². The lowest BCUT2D eigenvalue weighted by atomic mass is 10.1. The molecule has 0 atom stereocenters. The fraction of sp³-hybridized carbons (Fsp3) is 0. The van der Waals surface area contributed by atoms with Crippen molar-refractivity contribution in [3.63, 3.8) is 0 Å². The van der Waals surface area contributed by atoms with Crippen molar-refractivity contribution in [1.82, 2.24) is 0 Å². The zero-order valence-corrected chi connectivity index (χ0v) is 11.1. The Morgan fingerprint density at radius 1 is 0.810 bits per heavy atom. The molecule has 0 bridgehead atoms. The van der Waals surface area contributed by atoms with Gasteiger partial charge >= 0.3 is 0 Å². The first kappa shape index (κ1) is 14.3. The number of rotatable bonds is 2. The Balaban J connectivity index is 0.000000194. The molecule has 0 amide bonds. The second-order valence-electron chi connectivity index (χ2n) is 4.22. The molecule has 106 valence electrons. The lowest BCUT2D eigenvalue weighted by molar-refractivity contribution is 0.475. The second kappa shape index (κ2) is 6.91. The Morgan fingerprint density at radius 2 is 1.48 bits per heavy atom. The summed E-state index contributed by atoms with van der Waals surface area (Å²) in [6, 6.07) is 19.5. The molecule has 5 nitrogen and oxygen atoms in total. The number of hydrogen-bond acceptors (Lipinski definition) is 4. The first-order valence-corrected chi connectivity index (χ1v) is 6.25. The van der Waals surface area contributed by atoms with E-state index in [0.717, 1.165) is 5.39 Å². The van der Waals surface area contributed by atoms with Gasteiger partial charge in [-0.05, 0) is 23.6 Å². The van der Waals surface area contributed by atoms with Crippen LogP contribution in [0.1, 0.15) is 0 Å². The SMILES string of the molecule is O=NNc1ccc2ccccc2c1O.Oc1ccccc1. The molecule has 0 unspecified atom stereocenters. The number of fused-ring (bicyclic) bond motifs is 1. The van der Waals surface area contributed by atoms with Crippen molar-refractivity contribution < 1.29 is 10.2 Å². The maximum Gasteiger partial charge on any atom is 0.148 e. The summed E-state index contributed by atoms with van der Waals surface area (Å²) in [5.41, 5.74) is 2.51. The first-order valence-electron chi connectivity index (χ1n) is 6.25. The highest BCUT2D eigenvalue weighted by atomic mass is 16.3. The lowest BCUT2D eigenvalue weighted by Gasteiger charge is -2.04. The number of nitrogens with one attached hydrogen (secondary N) is 1. The largest absolute Gasteiger partial charge is 0.508 e. The summed E-state index contributed by atoms with van der Waals surface area (Å²) in [5, 5.41) is 22.5. The molecule has 21 heavy (non-hydrogen) atoms. The molecular formula is C16H14N2O3. The van der Waals surface area contributed by atoms with Crippen LogP contribution in [0.5, 0.6) is 11.5 Å². The van der Waals surface area contributed by atoms with Gasteiger partial charge in [0.15, 0.2) is 0 Å². The third kappa shape index (κ3) is 3.70. The van der Waals surface area contributed by atoms with Gasteiger partial charge < -0.3 is 10.2 Å². The molecule has 0 aromatic heterocycles. The molecule has 0 fully saturated rings. The number of nitrogens with zero attached hydrogens (tertiary/aromatic N) is 1. The fourth-order valence-electron chi connectivity index (χ4n) is 1.82. The van der Waals surface area contributed by atoms with Gasteiger partial charge in [0.25, 0.3) is 0 Å². The molecule has 3 N–H and O–H groups in total. The van der Waals surface area contributed by atoms with Crippen LogP contribution in [0.15, 0.2) is 72.0 Å². The quantitative estimate of drug-likeness (QED) is 0.376. The van der Waals surface area contributed by atoms with Crippen molar-refractivity contribution in [1.29, 1.82) is 0 Å². The normalized spacial score (nSPS) is 9.52. The highest BCUT2D eigenvalue weighted by Gasteiger charge is 2.04. The Morgan fingerprint density at radius 3 is 2.10 bits per heavy atom. The minimum absolute atomic E-state index is 0.0442. The molecule has 0 spiro atoms. The van der Waals surface area contributed by atoms with Crippen LogP contribution in [0.3, 0.4) is 0 Å². The number of anilines is 1. The molecule has 5 heteroatoms. The Hall–Kier alpha value is -3.08. The molecule has 0 aliphatic heterocycles. The number of benzene rings is 3. The summed E-state index contributed by atoms with van der Waals surface area (Å²) < 4.78 is 0. The maximum atomic E-state index is 9.99. The molecule has 3 rings (SSSR count). The van der Waals surface area contributed by atoms with E-state index < -0.39 is 0 Å². The number of phenolic OH excluding ortho intramolecular Hbond substituents is 2. The molecule has 0 saturated carbocycles. The van der Waals surface area contributed by atoms with E-state index in [1.54, 1.807) is 36.4 Å². The lowest BCUT2D eigenvalue weighted by Crippen LogP contribution is -1.87. The minimum Gasteiger partial charge on any atom is -0.508 e. The highest BCUT2D eigenvalue weighted by Crippen LogP contribution is 2.32. The van der Waals surface area contributed by atoms with E-state index in [2.05, 4.69) is 10.7 Å². The van der Waals surface area contributed by atoms with Crippen molar-refractivity contribution >= 4 is 16.5 Å². The fourth-order valence-corrected chi connectivity index (χ4v) is 1.82. The number of aromatic hydroxyl groups is 2. The Bertz CT molecular complexity index is 730. The van der Waals surface area contributed by atoms with Crippen molar-refractivity contribution in [3.05, 3.63) is 71.6 Å². The van der Waals surface area contributed by atoms with Gasteiger partial charge in [-0.2, -0.15) is 0 Å². The molecular weight excluding hydrogens is 268 g/mol. The first-order chi connectivity index (χ1) is 10.2. The van der Waals surface area contributed by atoms with Crippen molar-refractivity contribution in [3.8, 4) is 11.5 Å². The monoisotopic (exact) mass is 282 g/mol. The number of hydrogen-bond donors (Lipinski definition) is 3. The predicted octanol–water partition coefficient (Wildman–Crippen LogP) is 4.03. The van der Waals surface area contributed by atoms with Gasteiger partial charge in [0.05, 0.1) is 5.29 Å². The molecule has 0 radical (unpaired) electrons. The molecule has 3 aromatic carbocycles. The molecule has 3 aromatic rings. The Labute approximate surface area is 121 Å². The highest BCUT2D eigenvalue weighted by molar-refractivity contribution is 5.92. The average Bonchev–Trinajstić information content (AvgIpc) is 2.52. The molecule has 0 saturated heterocycles. The van der Waals surface area contributed by atoms with E-state index in [0.29, 0.717) is 16.8 Å². The van der Waals surface area contributed by atoms with E-state index in [-0.39, 0.29) is 5.75 Å². The number of para-hydroxylation sites is 1.